The highest BCUT2D eigenvalue weighted by atomic mass is 16.4. The minimum Gasteiger partial charge on any atom is -0.475 e. The smallest absolute Gasteiger partial charge is 0.373 e. The number of aromatic nitrogens is 1. The monoisotopic (exact) mass is 209 g/mol. The summed E-state index contributed by atoms with van der Waals surface area (Å²) in [4.78, 5) is 15.1. The molecule has 1 N–H and O–H groups in total. The van der Waals surface area contributed by atoms with Crippen LogP contribution in [-0.2, 0) is 12.8 Å². The van der Waals surface area contributed by atoms with Gasteiger partial charge >= 0.3 is 5.97 Å². The molecule has 1 aliphatic carbocycles. The van der Waals surface area contributed by atoms with Gasteiger partial charge in [0.15, 0.2) is 5.89 Å². The number of aryl methyl sites for hydroxylation is 1. The molecule has 1 aromatic rings. The Morgan fingerprint density at radius 3 is 2.73 bits per heavy atom. The Morgan fingerprint density at radius 1 is 1.60 bits per heavy atom. The number of carboxylic acid groups (broad SMARTS) is 1. The third-order valence-corrected chi connectivity index (χ3v) is 2.96. The van der Waals surface area contributed by atoms with E-state index in [0.717, 1.165) is 6.42 Å². The van der Waals surface area contributed by atoms with Crippen LogP contribution in [0.25, 0.3) is 0 Å². The van der Waals surface area contributed by atoms with E-state index in [2.05, 4.69) is 4.98 Å². The third kappa shape index (κ3) is 2.03. The van der Waals surface area contributed by atoms with Crippen molar-refractivity contribution in [3.63, 3.8) is 0 Å². The summed E-state index contributed by atoms with van der Waals surface area (Å²) >= 11 is 0. The Morgan fingerprint density at radius 2 is 2.33 bits per heavy atom. The topological polar surface area (TPSA) is 63.3 Å². The number of oxazole rings is 1. The summed E-state index contributed by atoms with van der Waals surface area (Å²) < 4.78 is 5.26. The van der Waals surface area contributed by atoms with E-state index in [1.165, 1.54) is 19.3 Å². The highest BCUT2D eigenvalue weighted by Crippen LogP contribution is 2.30. The number of hydrogen-bond donors (Lipinski definition) is 1. The van der Waals surface area contributed by atoms with Gasteiger partial charge in [-0.2, -0.15) is 0 Å². The molecule has 4 heteroatoms. The van der Waals surface area contributed by atoms with Crippen LogP contribution < -0.4 is 0 Å². The highest BCUT2D eigenvalue weighted by Gasteiger charge is 2.23. The predicted octanol–water partition coefficient (Wildman–Crippen LogP) is 2.28. The molecule has 2 rings (SSSR count). The van der Waals surface area contributed by atoms with Crippen molar-refractivity contribution >= 4 is 5.97 Å². The van der Waals surface area contributed by atoms with Crippen molar-refractivity contribution in [2.75, 3.05) is 0 Å². The molecule has 0 aliphatic heterocycles. The minimum atomic E-state index is -1.01. The standard InChI is InChI=1S/C11H15NO3/c1-2-8-10(11(13)14)15-9(12-8)6-7-4-3-5-7/h7H,2-6H2,1H3,(H,13,14). The zero-order valence-electron chi connectivity index (χ0n) is 8.82. The van der Waals surface area contributed by atoms with Gasteiger partial charge in [-0.25, -0.2) is 9.78 Å². The Bertz CT molecular complexity index is 366. The molecule has 0 bridgehead atoms. The quantitative estimate of drug-likeness (QED) is 0.826. The lowest BCUT2D eigenvalue weighted by Gasteiger charge is -2.23. The number of rotatable bonds is 4. The molecule has 1 fully saturated rings. The molecule has 4 nitrogen and oxygen atoms in total. The van der Waals surface area contributed by atoms with Crippen LogP contribution in [0.3, 0.4) is 0 Å². The predicted molar refractivity (Wildman–Crippen MR) is 53.9 cm³/mol. The van der Waals surface area contributed by atoms with Crippen LogP contribution in [0.4, 0.5) is 0 Å². The summed E-state index contributed by atoms with van der Waals surface area (Å²) in [6.45, 7) is 1.89. The SMILES string of the molecule is CCc1nc(CC2CCC2)oc1C(=O)O. The van der Waals surface area contributed by atoms with Crippen LogP contribution in [0.1, 0.15) is 48.3 Å². The van der Waals surface area contributed by atoms with Crippen molar-refractivity contribution < 1.29 is 14.3 Å². The van der Waals surface area contributed by atoms with Crippen LogP contribution in [0.15, 0.2) is 4.42 Å². The fourth-order valence-electron chi connectivity index (χ4n) is 1.84. The Kier molecular flexibility index (Phi) is 2.75. The number of nitrogens with zero attached hydrogens (tertiary/aromatic N) is 1. The molecule has 15 heavy (non-hydrogen) atoms. The van der Waals surface area contributed by atoms with Crippen LogP contribution in [0.5, 0.6) is 0 Å². The lowest BCUT2D eigenvalue weighted by Crippen LogP contribution is -2.13. The van der Waals surface area contributed by atoms with Gasteiger partial charge in [0.05, 0.1) is 5.69 Å². The van der Waals surface area contributed by atoms with E-state index in [1.54, 1.807) is 0 Å². The maximum absolute atomic E-state index is 10.8. The molecule has 1 aliphatic rings. The van der Waals surface area contributed by atoms with Crippen LogP contribution in [-0.4, -0.2) is 16.1 Å². The summed E-state index contributed by atoms with van der Waals surface area (Å²) in [5.41, 5.74) is 0.567. The first-order chi connectivity index (χ1) is 7.20. The van der Waals surface area contributed by atoms with E-state index in [1.807, 2.05) is 6.92 Å². The van der Waals surface area contributed by atoms with Crippen molar-refractivity contribution in [1.29, 1.82) is 0 Å². The molecule has 1 saturated carbocycles. The first kappa shape index (κ1) is 10.2. The van der Waals surface area contributed by atoms with E-state index < -0.39 is 5.97 Å². The number of carbonyl (C=O) groups is 1. The van der Waals surface area contributed by atoms with Gasteiger partial charge < -0.3 is 9.52 Å². The molecule has 0 aromatic carbocycles. The number of aromatic carboxylic acids is 1. The summed E-state index contributed by atoms with van der Waals surface area (Å²) in [6.07, 6.45) is 5.10. The average molecular weight is 209 g/mol. The first-order valence-corrected chi connectivity index (χ1v) is 5.42. The second-order valence-electron chi connectivity index (χ2n) is 4.04. The summed E-state index contributed by atoms with van der Waals surface area (Å²) in [6, 6.07) is 0. The lowest BCUT2D eigenvalue weighted by molar-refractivity contribution is 0.0658. The molecule has 1 aromatic heterocycles. The second kappa shape index (κ2) is 4.04. The van der Waals surface area contributed by atoms with Crippen LogP contribution in [0.2, 0.25) is 0 Å². The van der Waals surface area contributed by atoms with Crippen molar-refractivity contribution in [2.24, 2.45) is 5.92 Å². The van der Waals surface area contributed by atoms with E-state index in [-0.39, 0.29) is 5.76 Å². The molecule has 0 radical (unpaired) electrons. The molecule has 1 heterocycles. The van der Waals surface area contributed by atoms with Gasteiger partial charge in [0.25, 0.3) is 0 Å². The molecule has 82 valence electrons. The van der Waals surface area contributed by atoms with Gasteiger partial charge in [-0.05, 0) is 25.2 Å². The summed E-state index contributed by atoms with van der Waals surface area (Å²) in [5.74, 6) is 0.245. The number of hydrogen-bond acceptors (Lipinski definition) is 3. The van der Waals surface area contributed by atoms with Crippen molar-refractivity contribution in [3.8, 4) is 0 Å². The molecule has 0 saturated heterocycles. The maximum atomic E-state index is 10.8. The van der Waals surface area contributed by atoms with Crippen LogP contribution >= 0.6 is 0 Å². The molecular weight excluding hydrogens is 194 g/mol. The van der Waals surface area contributed by atoms with Gasteiger partial charge in [-0.3, -0.25) is 0 Å². The molecule has 0 atom stereocenters. The minimum absolute atomic E-state index is 0.0202. The Labute approximate surface area is 88.3 Å². The Hall–Kier alpha value is -1.32. The van der Waals surface area contributed by atoms with Crippen molar-refractivity contribution in [1.82, 2.24) is 4.98 Å². The summed E-state index contributed by atoms with van der Waals surface area (Å²) in [5, 5.41) is 8.88. The zero-order valence-corrected chi connectivity index (χ0v) is 8.82. The van der Waals surface area contributed by atoms with E-state index in [9.17, 15) is 4.79 Å². The summed E-state index contributed by atoms with van der Waals surface area (Å²) in [7, 11) is 0. The number of carboxylic acids is 1. The molecule has 0 spiro atoms. The van der Waals surface area contributed by atoms with Crippen molar-refractivity contribution in [2.45, 2.75) is 39.0 Å². The molecule has 0 unspecified atom stereocenters. The van der Waals surface area contributed by atoms with E-state index >= 15 is 0 Å². The fraction of sp³-hybridized carbons (Fsp3) is 0.636. The van der Waals surface area contributed by atoms with E-state index in [0.29, 0.717) is 23.9 Å². The largest absolute Gasteiger partial charge is 0.475 e. The van der Waals surface area contributed by atoms with Gasteiger partial charge in [-0.1, -0.05) is 13.3 Å². The van der Waals surface area contributed by atoms with Crippen LogP contribution in [0, 0.1) is 5.92 Å². The molecule has 0 amide bonds. The first-order valence-electron chi connectivity index (χ1n) is 5.42. The van der Waals surface area contributed by atoms with Gasteiger partial charge in [-0.15, -0.1) is 0 Å². The van der Waals surface area contributed by atoms with Gasteiger partial charge in [0.1, 0.15) is 0 Å². The molecular formula is C11H15NO3. The normalized spacial score (nSPS) is 16.3. The van der Waals surface area contributed by atoms with Gasteiger partial charge in [0, 0.05) is 6.42 Å². The second-order valence-corrected chi connectivity index (χ2v) is 4.04. The zero-order chi connectivity index (χ0) is 10.8. The van der Waals surface area contributed by atoms with E-state index in [4.69, 9.17) is 9.52 Å². The average Bonchev–Trinajstić information content (AvgIpc) is 2.54. The van der Waals surface area contributed by atoms with Gasteiger partial charge in [0.2, 0.25) is 5.76 Å². The fourth-order valence-corrected chi connectivity index (χ4v) is 1.84. The maximum Gasteiger partial charge on any atom is 0.373 e. The third-order valence-electron chi connectivity index (χ3n) is 2.96. The Balaban J connectivity index is 2.14. The highest BCUT2D eigenvalue weighted by molar-refractivity contribution is 5.85. The lowest BCUT2D eigenvalue weighted by atomic mass is 9.83. The van der Waals surface area contributed by atoms with Crippen molar-refractivity contribution in [3.05, 3.63) is 17.3 Å².